The van der Waals surface area contributed by atoms with Gasteiger partial charge in [-0.25, -0.2) is 9.78 Å². The number of fused-ring (bicyclic) bond motifs is 1. The van der Waals surface area contributed by atoms with Crippen molar-refractivity contribution in [2.75, 3.05) is 0 Å². The van der Waals surface area contributed by atoms with Crippen molar-refractivity contribution < 1.29 is 14.3 Å². The predicted octanol–water partition coefficient (Wildman–Crippen LogP) is 6.75. The number of furan rings is 1. The number of rotatable bonds is 5. The molecule has 0 aliphatic heterocycles. The van der Waals surface area contributed by atoms with Crippen LogP contribution in [0.25, 0.3) is 21.5 Å². The van der Waals surface area contributed by atoms with Crippen molar-refractivity contribution in [3.63, 3.8) is 0 Å². The second kappa shape index (κ2) is 7.53. The lowest BCUT2D eigenvalue weighted by Gasteiger charge is -2.05. The van der Waals surface area contributed by atoms with E-state index in [1.54, 1.807) is 24.3 Å². The smallest absolute Gasteiger partial charge is 0.337 e. The van der Waals surface area contributed by atoms with E-state index in [9.17, 15) is 9.90 Å². The number of hydrogen-bond acceptors (Lipinski definition) is 6. The molecular weight excluding hydrogens is 398 g/mol. The molecule has 0 saturated carbocycles. The van der Waals surface area contributed by atoms with Crippen molar-refractivity contribution in [2.24, 2.45) is 10.2 Å². The van der Waals surface area contributed by atoms with Crippen molar-refractivity contribution >= 4 is 44.3 Å². The zero-order valence-electron chi connectivity index (χ0n) is 14.7. The molecule has 28 heavy (non-hydrogen) atoms. The average Bonchev–Trinajstić information content (AvgIpc) is 3.33. The highest BCUT2D eigenvalue weighted by molar-refractivity contribution is 7.21. The van der Waals surface area contributed by atoms with Gasteiger partial charge in [-0.3, -0.25) is 0 Å². The van der Waals surface area contributed by atoms with Crippen LogP contribution in [0.3, 0.4) is 0 Å². The number of carbonyl (C=O) groups is 1. The minimum absolute atomic E-state index is 0.0284. The van der Waals surface area contributed by atoms with E-state index in [1.807, 2.05) is 31.2 Å². The van der Waals surface area contributed by atoms with E-state index in [4.69, 9.17) is 16.0 Å². The van der Waals surface area contributed by atoms with E-state index in [0.29, 0.717) is 22.2 Å². The summed E-state index contributed by atoms with van der Waals surface area (Å²) >= 11 is 7.68. The summed E-state index contributed by atoms with van der Waals surface area (Å²) in [5, 5.41) is 18.4. The molecule has 2 heterocycles. The summed E-state index contributed by atoms with van der Waals surface area (Å²) in [4.78, 5) is 15.7. The second-order valence-electron chi connectivity index (χ2n) is 6.03. The molecule has 1 atom stereocenters. The van der Waals surface area contributed by atoms with Gasteiger partial charge in [-0.2, -0.15) is 5.11 Å². The number of benzene rings is 2. The number of aromatic carboxylic acids is 1. The van der Waals surface area contributed by atoms with Crippen LogP contribution in [0.15, 0.2) is 69.2 Å². The van der Waals surface area contributed by atoms with Crippen molar-refractivity contribution in [3.8, 4) is 11.3 Å². The second-order valence-corrected chi connectivity index (χ2v) is 7.42. The third-order valence-electron chi connectivity index (χ3n) is 4.13. The van der Waals surface area contributed by atoms with Gasteiger partial charge in [-0.05, 0) is 43.3 Å². The van der Waals surface area contributed by atoms with E-state index in [1.165, 1.54) is 17.4 Å². The van der Waals surface area contributed by atoms with Gasteiger partial charge in [-0.1, -0.05) is 41.1 Å². The molecule has 2 aromatic heterocycles. The molecule has 8 heteroatoms. The Hall–Kier alpha value is -3.03. The van der Waals surface area contributed by atoms with Gasteiger partial charge in [-0.15, -0.1) is 5.11 Å². The summed E-state index contributed by atoms with van der Waals surface area (Å²) in [7, 11) is 0. The summed E-state index contributed by atoms with van der Waals surface area (Å²) in [5.74, 6) is -0.0153. The number of para-hydroxylation sites is 1. The summed E-state index contributed by atoms with van der Waals surface area (Å²) in [6.45, 7) is 1.86. The normalized spacial score (nSPS) is 12.6. The predicted molar refractivity (Wildman–Crippen MR) is 109 cm³/mol. The van der Waals surface area contributed by atoms with Gasteiger partial charge in [0.15, 0.2) is 0 Å². The van der Waals surface area contributed by atoms with Gasteiger partial charge >= 0.3 is 5.97 Å². The Morgan fingerprint density at radius 3 is 2.79 bits per heavy atom. The molecule has 1 unspecified atom stereocenters. The molecule has 0 bridgehead atoms. The van der Waals surface area contributed by atoms with Crippen molar-refractivity contribution in [3.05, 3.63) is 70.9 Å². The summed E-state index contributed by atoms with van der Waals surface area (Å²) in [6, 6.07) is 15.8. The minimum Gasteiger partial charge on any atom is -0.478 e. The SMILES string of the molecule is CC(N=Nc1nc2ccccc2s1)c1ccc(-c2cccc(C(=O)O)c2Cl)o1. The number of carboxylic acids is 1. The molecule has 0 fully saturated rings. The number of halogens is 1. The third-order valence-corrected chi connectivity index (χ3v) is 5.46. The molecule has 140 valence electrons. The maximum Gasteiger partial charge on any atom is 0.337 e. The monoisotopic (exact) mass is 411 g/mol. The molecule has 2 aromatic carbocycles. The van der Waals surface area contributed by atoms with Crippen molar-refractivity contribution in [2.45, 2.75) is 13.0 Å². The van der Waals surface area contributed by atoms with Gasteiger partial charge in [0.2, 0.25) is 5.13 Å². The Kier molecular flexibility index (Phi) is 4.93. The molecular formula is C20H14ClN3O3S. The molecule has 6 nitrogen and oxygen atoms in total. The Bertz CT molecular complexity index is 1170. The van der Waals surface area contributed by atoms with Crippen LogP contribution in [0.5, 0.6) is 0 Å². The molecule has 0 saturated heterocycles. The van der Waals surface area contributed by atoms with Gasteiger partial charge in [0.05, 0.1) is 20.8 Å². The quantitative estimate of drug-likeness (QED) is 0.368. The fourth-order valence-electron chi connectivity index (χ4n) is 2.71. The molecule has 0 spiro atoms. The largest absolute Gasteiger partial charge is 0.478 e. The lowest BCUT2D eigenvalue weighted by atomic mass is 10.1. The first-order valence-corrected chi connectivity index (χ1v) is 9.60. The minimum atomic E-state index is -1.09. The zero-order valence-corrected chi connectivity index (χ0v) is 16.2. The maximum atomic E-state index is 11.3. The van der Waals surface area contributed by atoms with Gasteiger partial charge in [0.1, 0.15) is 17.6 Å². The number of thiazole rings is 1. The van der Waals surface area contributed by atoms with E-state index in [0.717, 1.165) is 10.2 Å². The number of carboxylic acid groups (broad SMARTS) is 1. The van der Waals surface area contributed by atoms with Crippen LogP contribution in [0.1, 0.15) is 29.1 Å². The first-order valence-electron chi connectivity index (χ1n) is 8.41. The Morgan fingerprint density at radius 2 is 2.00 bits per heavy atom. The Balaban J connectivity index is 1.57. The van der Waals surface area contributed by atoms with Crippen LogP contribution in [-0.4, -0.2) is 16.1 Å². The number of azo groups is 1. The zero-order chi connectivity index (χ0) is 19.7. The average molecular weight is 412 g/mol. The van der Waals surface area contributed by atoms with Crippen LogP contribution < -0.4 is 0 Å². The van der Waals surface area contributed by atoms with Crippen LogP contribution in [0.2, 0.25) is 5.02 Å². The summed E-state index contributed by atoms with van der Waals surface area (Å²) in [6.07, 6.45) is 0. The van der Waals surface area contributed by atoms with E-state index < -0.39 is 5.97 Å². The highest BCUT2D eigenvalue weighted by Crippen LogP contribution is 2.34. The third kappa shape index (κ3) is 3.54. The lowest BCUT2D eigenvalue weighted by molar-refractivity contribution is 0.0697. The number of aromatic nitrogens is 1. The number of nitrogens with zero attached hydrogens (tertiary/aromatic N) is 3. The van der Waals surface area contributed by atoms with Crippen LogP contribution in [0, 0.1) is 0 Å². The van der Waals surface area contributed by atoms with E-state index in [-0.39, 0.29) is 16.6 Å². The Morgan fingerprint density at radius 1 is 1.18 bits per heavy atom. The molecule has 0 radical (unpaired) electrons. The molecule has 1 N–H and O–H groups in total. The highest BCUT2D eigenvalue weighted by Gasteiger charge is 2.17. The summed E-state index contributed by atoms with van der Waals surface area (Å²) in [5.41, 5.74) is 1.44. The first kappa shape index (κ1) is 18.3. The summed E-state index contributed by atoms with van der Waals surface area (Å²) < 4.78 is 6.90. The number of hydrogen-bond donors (Lipinski definition) is 1. The lowest BCUT2D eigenvalue weighted by Crippen LogP contribution is -1.97. The standard InChI is InChI=1S/C20H14ClN3O3S/c1-11(23-24-20-22-14-7-2-3-8-17(14)28-20)15-9-10-16(27-15)12-5-4-6-13(18(12)21)19(25)26/h2-11H,1H3,(H,25,26). The molecule has 4 rings (SSSR count). The fourth-order valence-corrected chi connectivity index (χ4v) is 3.80. The van der Waals surface area contributed by atoms with Crippen LogP contribution in [0.4, 0.5) is 5.13 Å². The fraction of sp³-hybridized carbons (Fsp3) is 0.100. The molecule has 4 aromatic rings. The Labute approximate surface area is 169 Å². The molecule has 0 aliphatic rings. The van der Waals surface area contributed by atoms with Gasteiger partial charge < -0.3 is 9.52 Å². The van der Waals surface area contributed by atoms with Gasteiger partial charge in [0.25, 0.3) is 0 Å². The molecule has 0 amide bonds. The van der Waals surface area contributed by atoms with Crippen molar-refractivity contribution in [1.29, 1.82) is 0 Å². The first-order chi connectivity index (χ1) is 13.5. The van der Waals surface area contributed by atoms with E-state index in [2.05, 4.69) is 15.2 Å². The maximum absolute atomic E-state index is 11.3. The topological polar surface area (TPSA) is 88.0 Å². The molecule has 0 aliphatic carbocycles. The van der Waals surface area contributed by atoms with Crippen LogP contribution >= 0.6 is 22.9 Å². The van der Waals surface area contributed by atoms with Gasteiger partial charge in [0, 0.05) is 5.56 Å². The van der Waals surface area contributed by atoms with E-state index >= 15 is 0 Å². The van der Waals surface area contributed by atoms with Crippen molar-refractivity contribution in [1.82, 2.24) is 4.98 Å². The highest BCUT2D eigenvalue weighted by atomic mass is 35.5. The van der Waals surface area contributed by atoms with Crippen LogP contribution in [-0.2, 0) is 0 Å².